The summed E-state index contributed by atoms with van der Waals surface area (Å²) in [5.74, 6) is 0.848. The number of anilines is 9. The minimum absolute atomic E-state index is 0.108. The molecule has 0 bridgehead atoms. The Morgan fingerprint density at radius 1 is 0.354 bits per heavy atom. The Kier molecular flexibility index (Phi) is 11.9. The first-order chi connectivity index (χ1) is 39.1. The molecule has 10 aromatic carbocycles. The maximum Gasteiger partial charge on any atom is 0.145 e. The lowest BCUT2D eigenvalue weighted by Gasteiger charge is -2.30. The van der Waals surface area contributed by atoms with E-state index in [4.69, 9.17) is 15.0 Å². The van der Waals surface area contributed by atoms with Gasteiger partial charge in [0.2, 0.25) is 0 Å². The summed E-state index contributed by atoms with van der Waals surface area (Å²) >= 11 is 0. The molecule has 3 heterocycles. The van der Waals surface area contributed by atoms with Crippen LogP contribution in [0.15, 0.2) is 273 Å². The summed E-state index contributed by atoms with van der Waals surface area (Å²) in [6, 6.07) is 93.3. The Bertz CT molecular complexity index is 4110. The zero-order chi connectivity index (χ0) is 52.9. The number of aromatic nitrogens is 4. The fraction of sp³-hybridized carbons (Fsp3) is 0.0694. The van der Waals surface area contributed by atoms with Crippen molar-refractivity contribution in [2.75, 3.05) is 14.7 Å². The first-order valence-electron chi connectivity index (χ1n) is 27.3. The molecule has 1 aliphatic carbocycles. The maximum atomic E-state index is 5.66. The molecule has 0 N–H and O–H groups in total. The molecule has 0 amide bonds. The van der Waals surface area contributed by atoms with E-state index < -0.39 is 0 Å². The summed E-state index contributed by atoms with van der Waals surface area (Å²) < 4.78 is 2.38. The van der Waals surface area contributed by atoms with Crippen molar-refractivity contribution in [3.63, 3.8) is 0 Å². The van der Waals surface area contributed by atoms with E-state index >= 15 is 0 Å². The molecule has 13 aromatic rings. The van der Waals surface area contributed by atoms with Crippen molar-refractivity contribution in [1.82, 2.24) is 19.5 Å². The van der Waals surface area contributed by atoms with Gasteiger partial charge in [-0.15, -0.1) is 0 Å². The lowest BCUT2D eigenvalue weighted by molar-refractivity contribution is 0.490. The predicted octanol–water partition coefficient (Wildman–Crippen LogP) is 19.3. The van der Waals surface area contributed by atoms with Crippen molar-refractivity contribution in [2.24, 2.45) is 0 Å². The molecule has 0 saturated carbocycles. The van der Waals surface area contributed by atoms with Crippen LogP contribution in [-0.2, 0) is 5.41 Å². The quantitative estimate of drug-likeness (QED) is 0.107. The van der Waals surface area contributed by atoms with Crippen LogP contribution in [0.4, 0.5) is 51.2 Å². The standard InChI is InChI=1S/C72H55N7/c1-3-72(4-2)65-32-18-17-29-61(65)62-46-45-60(49-66(62)72)79-70-64-31-20-48-74-68(64)67-63(30-19-47-73-67)69(70)75-71(79)50-33-35-55(36-34-50)78(58-41-37-56(38-42-58)76(51-21-9-5-10-22-51)52-23-11-6-12-24-52)59-43-39-57(40-44-59)77(53-25-13-7-14-26-53)54-27-15-8-16-28-54/h5-49H,3-4H2,1-2H3. The molecule has 0 atom stereocenters. The Hall–Kier alpha value is -10.1. The minimum atomic E-state index is -0.108. The second kappa shape index (κ2) is 19.8. The van der Waals surface area contributed by atoms with E-state index in [0.29, 0.717) is 0 Å². The number of hydrogen-bond donors (Lipinski definition) is 0. The van der Waals surface area contributed by atoms with Crippen LogP contribution in [0, 0.1) is 0 Å². The van der Waals surface area contributed by atoms with Crippen LogP contribution in [0.25, 0.3) is 61.0 Å². The first-order valence-corrected chi connectivity index (χ1v) is 27.3. The van der Waals surface area contributed by atoms with E-state index in [1.165, 1.54) is 22.3 Å². The van der Waals surface area contributed by atoms with Crippen molar-refractivity contribution >= 4 is 84.0 Å². The number of nitrogens with zero attached hydrogens (tertiary/aromatic N) is 7. The summed E-state index contributed by atoms with van der Waals surface area (Å²) in [6.45, 7) is 4.67. The van der Waals surface area contributed by atoms with Gasteiger partial charge >= 0.3 is 0 Å². The molecule has 3 aromatic heterocycles. The van der Waals surface area contributed by atoms with Crippen molar-refractivity contribution < 1.29 is 0 Å². The van der Waals surface area contributed by atoms with Gasteiger partial charge in [-0.25, -0.2) is 4.98 Å². The van der Waals surface area contributed by atoms with Gasteiger partial charge in [0, 0.05) is 91.0 Å². The third-order valence-corrected chi connectivity index (χ3v) is 16.1. The third kappa shape index (κ3) is 8.00. The average Bonchev–Trinajstić information content (AvgIpc) is 4.30. The van der Waals surface area contributed by atoms with Crippen LogP contribution in [0.5, 0.6) is 0 Å². The van der Waals surface area contributed by atoms with Crippen LogP contribution in [0.3, 0.4) is 0 Å². The van der Waals surface area contributed by atoms with Crippen LogP contribution in [-0.4, -0.2) is 19.5 Å². The number of imidazole rings is 1. The van der Waals surface area contributed by atoms with Gasteiger partial charge in [-0.3, -0.25) is 14.5 Å². The number of para-hydroxylation sites is 4. The van der Waals surface area contributed by atoms with Gasteiger partial charge < -0.3 is 14.7 Å². The molecule has 0 fully saturated rings. The van der Waals surface area contributed by atoms with Gasteiger partial charge in [-0.1, -0.05) is 117 Å². The van der Waals surface area contributed by atoms with Crippen LogP contribution >= 0.6 is 0 Å². The van der Waals surface area contributed by atoms with Crippen molar-refractivity contribution in [2.45, 2.75) is 32.1 Å². The molecule has 7 heteroatoms. The molecular weight excluding hydrogens is 963 g/mol. The van der Waals surface area contributed by atoms with Crippen molar-refractivity contribution in [3.8, 4) is 28.2 Å². The Balaban J connectivity index is 0.931. The van der Waals surface area contributed by atoms with Crippen molar-refractivity contribution in [1.29, 1.82) is 0 Å². The largest absolute Gasteiger partial charge is 0.311 e. The number of fused-ring (bicyclic) bond motifs is 9. The van der Waals surface area contributed by atoms with Gasteiger partial charge in [-0.2, -0.15) is 0 Å². The second-order valence-electron chi connectivity index (χ2n) is 20.3. The van der Waals surface area contributed by atoms with Crippen molar-refractivity contribution in [3.05, 3.63) is 284 Å². The van der Waals surface area contributed by atoms with E-state index in [2.05, 4.69) is 282 Å². The van der Waals surface area contributed by atoms with Gasteiger partial charge in [0.1, 0.15) is 5.82 Å². The first kappa shape index (κ1) is 47.3. The zero-order valence-electron chi connectivity index (χ0n) is 44.0. The Morgan fingerprint density at radius 2 is 0.747 bits per heavy atom. The summed E-state index contributed by atoms with van der Waals surface area (Å²) in [5.41, 5.74) is 20.5. The number of hydrogen-bond acceptors (Lipinski definition) is 6. The number of rotatable bonds is 13. The number of benzene rings is 10. The molecule has 79 heavy (non-hydrogen) atoms. The summed E-state index contributed by atoms with van der Waals surface area (Å²) in [4.78, 5) is 22.5. The molecule has 378 valence electrons. The summed E-state index contributed by atoms with van der Waals surface area (Å²) in [5, 5.41) is 1.98. The van der Waals surface area contributed by atoms with E-state index in [-0.39, 0.29) is 5.41 Å². The maximum absolute atomic E-state index is 5.66. The van der Waals surface area contributed by atoms with Crippen LogP contribution in [0.2, 0.25) is 0 Å². The third-order valence-electron chi connectivity index (χ3n) is 16.1. The normalized spacial score (nSPS) is 12.4. The monoisotopic (exact) mass is 1020 g/mol. The van der Waals surface area contributed by atoms with Crippen LogP contribution in [0.1, 0.15) is 37.8 Å². The molecule has 0 unspecified atom stereocenters. The highest BCUT2D eigenvalue weighted by Gasteiger charge is 2.40. The zero-order valence-corrected chi connectivity index (χ0v) is 44.0. The van der Waals surface area contributed by atoms with E-state index in [1.807, 2.05) is 24.5 Å². The highest BCUT2D eigenvalue weighted by atomic mass is 15.2. The van der Waals surface area contributed by atoms with Crippen LogP contribution < -0.4 is 14.7 Å². The molecule has 0 radical (unpaired) electrons. The second-order valence-corrected chi connectivity index (χ2v) is 20.3. The molecule has 7 nitrogen and oxygen atoms in total. The SMILES string of the molecule is CCC1(CC)c2ccccc2-c2ccc(-n3c(-c4ccc(N(c5ccc(N(c6ccccc6)c6ccccc6)cc5)c5ccc(N(c6ccccc6)c6ccccc6)cc5)cc4)nc4c5cccnc5c5ncccc5c43)cc21. The minimum Gasteiger partial charge on any atom is -0.311 e. The summed E-state index contributed by atoms with van der Waals surface area (Å²) in [7, 11) is 0. The van der Waals surface area contributed by atoms with Gasteiger partial charge in [-0.05, 0) is 193 Å². The fourth-order valence-corrected chi connectivity index (χ4v) is 12.4. The Labute approximate surface area is 460 Å². The predicted molar refractivity (Wildman–Crippen MR) is 328 cm³/mol. The molecule has 1 aliphatic rings. The smallest absolute Gasteiger partial charge is 0.145 e. The van der Waals surface area contributed by atoms with E-state index in [9.17, 15) is 0 Å². The van der Waals surface area contributed by atoms with E-state index in [1.54, 1.807) is 0 Å². The lowest BCUT2D eigenvalue weighted by Crippen LogP contribution is -2.23. The molecule has 0 saturated heterocycles. The fourth-order valence-electron chi connectivity index (χ4n) is 12.4. The summed E-state index contributed by atoms with van der Waals surface area (Å²) in [6.07, 6.45) is 5.71. The average molecular weight is 1020 g/mol. The van der Waals surface area contributed by atoms with E-state index in [0.717, 1.165) is 114 Å². The molecule has 14 rings (SSSR count). The molecule has 0 spiro atoms. The Morgan fingerprint density at radius 3 is 1.22 bits per heavy atom. The van der Waals surface area contributed by atoms with Gasteiger partial charge in [0.15, 0.2) is 0 Å². The topological polar surface area (TPSA) is 53.3 Å². The van der Waals surface area contributed by atoms with Gasteiger partial charge in [0.25, 0.3) is 0 Å². The lowest BCUT2D eigenvalue weighted by atomic mass is 9.74. The highest BCUT2D eigenvalue weighted by molar-refractivity contribution is 6.21. The highest BCUT2D eigenvalue weighted by Crippen LogP contribution is 2.54. The number of pyridine rings is 2. The molecule has 0 aliphatic heterocycles. The molecular formula is C72H55N7. The van der Waals surface area contributed by atoms with Gasteiger partial charge in [0.05, 0.1) is 22.1 Å².